The van der Waals surface area contributed by atoms with Gasteiger partial charge in [-0.25, -0.2) is 4.98 Å². The zero-order chi connectivity index (χ0) is 15.7. The number of aromatic nitrogens is 2. The van der Waals surface area contributed by atoms with E-state index in [4.69, 9.17) is 0 Å². The van der Waals surface area contributed by atoms with Gasteiger partial charge in [0.25, 0.3) is 11.5 Å². The Balaban J connectivity index is 1.94. The van der Waals surface area contributed by atoms with Crippen LogP contribution in [0.4, 0.5) is 0 Å². The molecule has 5 heteroatoms. The number of aromatic amines is 1. The number of benzene rings is 1. The second-order valence-electron chi connectivity index (χ2n) is 6.36. The minimum absolute atomic E-state index is 0.00866. The molecule has 1 aromatic carbocycles. The van der Waals surface area contributed by atoms with Crippen molar-refractivity contribution in [3.8, 4) is 0 Å². The fourth-order valence-electron chi connectivity index (χ4n) is 3.20. The molecule has 1 N–H and O–H groups in total. The number of nitrogens with zero attached hydrogens (tertiary/aromatic N) is 2. The standard InChI is InChI=1S/C17H21N3O2/c1-11(2)10-12-6-5-9-20(12)17(22)15-16(21)19-14-8-4-3-7-13(14)18-15/h3-4,7-8,11-12H,5-6,9-10H2,1-2H3,(H,19,21)/t12-/m1/s1. The number of hydrogen-bond acceptors (Lipinski definition) is 3. The van der Waals surface area contributed by atoms with Crippen molar-refractivity contribution >= 4 is 16.9 Å². The van der Waals surface area contributed by atoms with E-state index in [2.05, 4.69) is 23.8 Å². The maximum atomic E-state index is 12.7. The molecule has 1 aliphatic rings. The minimum Gasteiger partial charge on any atom is -0.334 e. The number of H-pyrrole nitrogens is 1. The Bertz CT molecular complexity index is 751. The molecular formula is C17H21N3O2. The molecule has 116 valence electrons. The molecule has 0 saturated carbocycles. The summed E-state index contributed by atoms with van der Waals surface area (Å²) in [5.74, 6) is 0.288. The fourth-order valence-corrected chi connectivity index (χ4v) is 3.20. The summed E-state index contributed by atoms with van der Waals surface area (Å²) in [6.45, 7) is 5.02. The van der Waals surface area contributed by atoms with Gasteiger partial charge in [0, 0.05) is 12.6 Å². The molecule has 0 radical (unpaired) electrons. The van der Waals surface area contributed by atoms with E-state index in [9.17, 15) is 9.59 Å². The Hall–Kier alpha value is -2.17. The first-order valence-electron chi connectivity index (χ1n) is 7.86. The monoisotopic (exact) mass is 299 g/mol. The summed E-state index contributed by atoms with van der Waals surface area (Å²) in [6, 6.07) is 7.49. The highest BCUT2D eigenvalue weighted by Gasteiger charge is 2.31. The van der Waals surface area contributed by atoms with Gasteiger partial charge in [-0.2, -0.15) is 0 Å². The highest BCUT2D eigenvalue weighted by Crippen LogP contribution is 2.24. The predicted molar refractivity (Wildman–Crippen MR) is 85.9 cm³/mol. The Kier molecular flexibility index (Phi) is 3.96. The molecule has 1 atom stereocenters. The maximum Gasteiger partial charge on any atom is 0.280 e. The number of nitrogens with one attached hydrogen (secondary N) is 1. The van der Waals surface area contributed by atoms with Crippen molar-refractivity contribution in [2.24, 2.45) is 5.92 Å². The van der Waals surface area contributed by atoms with E-state index >= 15 is 0 Å². The smallest absolute Gasteiger partial charge is 0.280 e. The lowest BCUT2D eigenvalue weighted by molar-refractivity contribution is 0.0714. The van der Waals surface area contributed by atoms with E-state index in [1.807, 2.05) is 17.0 Å². The number of para-hydroxylation sites is 2. The van der Waals surface area contributed by atoms with E-state index in [0.29, 0.717) is 23.5 Å². The number of fused-ring (bicyclic) bond motifs is 1. The Morgan fingerprint density at radius 1 is 1.41 bits per heavy atom. The summed E-state index contributed by atoms with van der Waals surface area (Å²) in [6.07, 6.45) is 2.97. The van der Waals surface area contributed by atoms with Crippen LogP contribution in [0.3, 0.4) is 0 Å². The molecule has 2 heterocycles. The van der Waals surface area contributed by atoms with Crippen LogP contribution in [0.5, 0.6) is 0 Å². The third-order valence-electron chi connectivity index (χ3n) is 4.18. The lowest BCUT2D eigenvalue weighted by Gasteiger charge is -2.25. The van der Waals surface area contributed by atoms with Gasteiger partial charge in [-0.3, -0.25) is 9.59 Å². The van der Waals surface area contributed by atoms with E-state index in [1.54, 1.807) is 12.1 Å². The molecule has 1 aliphatic heterocycles. The van der Waals surface area contributed by atoms with E-state index in [-0.39, 0.29) is 17.6 Å². The van der Waals surface area contributed by atoms with E-state index < -0.39 is 5.56 Å². The van der Waals surface area contributed by atoms with Crippen LogP contribution in [0.2, 0.25) is 0 Å². The predicted octanol–water partition coefficient (Wildman–Crippen LogP) is 2.57. The van der Waals surface area contributed by atoms with Gasteiger partial charge in [0.05, 0.1) is 11.0 Å². The van der Waals surface area contributed by atoms with Crippen LogP contribution in [0.1, 0.15) is 43.6 Å². The zero-order valence-corrected chi connectivity index (χ0v) is 13.0. The van der Waals surface area contributed by atoms with Gasteiger partial charge >= 0.3 is 0 Å². The summed E-state index contributed by atoms with van der Waals surface area (Å²) in [4.78, 5) is 33.8. The lowest BCUT2D eigenvalue weighted by atomic mass is 10.0. The average molecular weight is 299 g/mol. The van der Waals surface area contributed by atoms with Crippen LogP contribution < -0.4 is 5.56 Å². The van der Waals surface area contributed by atoms with Crippen LogP contribution in [0, 0.1) is 5.92 Å². The molecule has 22 heavy (non-hydrogen) atoms. The number of carbonyl (C=O) groups is 1. The molecule has 1 amide bonds. The highest BCUT2D eigenvalue weighted by molar-refractivity contribution is 5.94. The molecule has 0 spiro atoms. The molecule has 5 nitrogen and oxygen atoms in total. The van der Waals surface area contributed by atoms with Crippen LogP contribution in [0.25, 0.3) is 11.0 Å². The third kappa shape index (κ3) is 2.75. The third-order valence-corrected chi connectivity index (χ3v) is 4.18. The van der Waals surface area contributed by atoms with Crippen LogP contribution >= 0.6 is 0 Å². The van der Waals surface area contributed by atoms with Crippen LogP contribution in [0.15, 0.2) is 29.1 Å². The van der Waals surface area contributed by atoms with Gasteiger partial charge in [0.1, 0.15) is 0 Å². The van der Waals surface area contributed by atoms with Crippen LogP contribution in [-0.2, 0) is 0 Å². The second-order valence-corrected chi connectivity index (χ2v) is 6.36. The quantitative estimate of drug-likeness (QED) is 0.947. The largest absolute Gasteiger partial charge is 0.334 e. The molecule has 3 rings (SSSR count). The fraction of sp³-hybridized carbons (Fsp3) is 0.471. The normalized spacial score (nSPS) is 18.3. The van der Waals surface area contributed by atoms with Crippen molar-refractivity contribution < 1.29 is 4.79 Å². The molecule has 1 fully saturated rings. The summed E-state index contributed by atoms with van der Waals surface area (Å²) >= 11 is 0. The van der Waals surface area contributed by atoms with Crippen molar-refractivity contribution in [3.05, 3.63) is 40.3 Å². The Morgan fingerprint density at radius 2 is 2.18 bits per heavy atom. The van der Waals surface area contributed by atoms with Gasteiger partial charge < -0.3 is 9.88 Å². The number of rotatable bonds is 3. The second kappa shape index (κ2) is 5.91. The SMILES string of the molecule is CC(C)C[C@H]1CCCN1C(=O)c1nc2ccccc2[nH]c1=O. The van der Waals surface area contributed by atoms with Gasteiger partial charge in [0.15, 0.2) is 5.69 Å². The van der Waals surface area contributed by atoms with Crippen molar-refractivity contribution in [2.75, 3.05) is 6.54 Å². The lowest BCUT2D eigenvalue weighted by Crippen LogP contribution is -2.39. The first-order chi connectivity index (χ1) is 10.6. The number of carbonyl (C=O) groups excluding carboxylic acids is 1. The Labute approximate surface area is 129 Å². The first kappa shape index (κ1) is 14.8. The molecule has 0 aliphatic carbocycles. The number of amides is 1. The van der Waals surface area contributed by atoms with Crippen molar-refractivity contribution in [3.63, 3.8) is 0 Å². The van der Waals surface area contributed by atoms with Crippen molar-refractivity contribution in [2.45, 2.75) is 39.2 Å². The van der Waals surface area contributed by atoms with E-state index in [1.165, 1.54) is 0 Å². The average Bonchev–Trinajstić information content (AvgIpc) is 2.93. The summed E-state index contributed by atoms with van der Waals surface area (Å²) in [5, 5.41) is 0. The molecule has 1 aromatic heterocycles. The number of likely N-dealkylation sites (tertiary alicyclic amines) is 1. The zero-order valence-electron chi connectivity index (χ0n) is 13.0. The minimum atomic E-state index is -0.404. The topological polar surface area (TPSA) is 66.1 Å². The molecule has 1 saturated heterocycles. The molecule has 0 bridgehead atoms. The summed E-state index contributed by atoms with van der Waals surface area (Å²) in [5.41, 5.74) is 0.905. The van der Waals surface area contributed by atoms with Gasteiger partial charge in [-0.1, -0.05) is 26.0 Å². The van der Waals surface area contributed by atoms with Crippen molar-refractivity contribution in [1.82, 2.24) is 14.9 Å². The van der Waals surface area contributed by atoms with Gasteiger partial charge in [-0.15, -0.1) is 0 Å². The number of hydrogen-bond donors (Lipinski definition) is 1. The molecule has 2 aromatic rings. The van der Waals surface area contributed by atoms with Crippen molar-refractivity contribution in [1.29, 1.82) is 0 Å². The Morgan fingerprint density at radius 3 is 2.95 bits per heavy atom. The van der Waals surface area contributed by atoms with E-state index in [0.717, 1.165) is 19.3 Å². The van der Waals surface area contributed by atoms with Crippen LogP contribution in [-0.4, -0.2) is 33.4 Å². The van der Waals surface area contributed by atoms with Gasteiger partial charge in [-0.05, 0) is 37.3 Å². The molecular weight excluding hydrogens is 278 g/mol. The molecule has 0 unspecified atom stereocenters. The van der Waals surface area contributed by atoms with Gasteiger partial charge in [0.2, 0.25) is 0 Å². The first-order valence-corrected chi connectivity index (χ1v) is 7.86. The highest BCUT2D eigenvalue weighted by atomic mass is 16.2. The maximum absolute atomic E-state index is 12.7. The summed E-state index contributed by atoms with van der Waals surface area (Å²) in [7, 11) is 0. The summed E-state index contributed by atoms with van der Waals surface area (Å²) < 4.78 is 0.